The van der Waals surface area contributed by atoms with E-state index in [0.717, 1.165) is 5.56 Å². The molecule has 0 aromatic heterocycles. The predicted octanol–water partition coefficient (Wildman–Crippen LogP) is 1.75. The largest absolute Gasteiger partial charge is 0.477 e. The summed E-state index contributed by atoms with van der Waals surface area (Å²) in [6.07, 6.45) is 2.48. The molecule has 7 nitrogen and oxygen atoms in total. The third-order valence-electron chi connectivity index (χ3n) is 4.48. The van der Waals surface area contributed by atoms with Gasteiger partial charge >= 0.3 is 0 Å². The van der Waals surface area contributed by atoms with Crippen molar-refractivity contribution in [2.75, 3.05) is 25.0 Å². The molecular weight excluding hydrogens is 370 g/mol. The number of carbonyl (C=O) groups excluding carboxylic acids is 3. The van der Waals surface area contributed by atoms with Crippen molar-refractivity contribution in [3.05, 3.63) is 66.2 Å². The van der Waals surface area contributed by atoms with Gasteiger partial charge in [-0.3, -0.25) is 14.4 Å². The van der Waals surface area contributed by atoms with Gasteiger partial charge in [0.15, 0.2) is 6.10 Å². The first-order valence-electron chi connectivity index (χ1n) is 9.37. The number of hydrogen-bond acceptors (Lipinski definition) is 4. The number of carbonyl (C=O) groups is 3. The number of anilines is 1. The van der Waals surface area contributed by atoms with E-state index >= 15 is 0 Å². The molecule has 0 saturated heterocycles. The van der Waals surface area contributed by atoms with Gasteiger partial charge in [0.25, 0.3) is 5.91 Å². The lowest BCUT2D eigenvalue weighted by molar-refractivity contribution is -0.127. The van der Waals surface area contributed by atoms with Crippen molar-refractivity contribution in [3.63, 3.8) is 0 Å². The van der Waals surface area contributed by atoms with Crippen molar-refractivity contribution >= 4 is 29.5 Å². The van der Waals surface area contributed by atoms with Crippen LogP contribution in [0.2, 0.25) is 0 Å². The average Bonchev–Trinajstić information content (AvgIpc) is 2.77. The number of nitrogens with one attached hydrogen (secondary N) is 2. The lowest BCUT2D eigenvalue weighted by atomic mass is 10.1. The number of nitrogens with zero attached hydrogens (tertiary/aromatic N) is 1. The molecule has 2 N–H and O–H groups in total. The topological polar surface area (TPSA) is 87.7 Å². The van der Waals surface area contributed by atoms with Gasteiger partial charge in [-0.2, -0.15) is 0 Å². The first-order valence-corrected chi connectivity index (χ1v) is 9.37. The number of ether oxygens (including phenoxy) is 1. The van der Waals surface area contributed by atoms with Crippen LogP contribution in [0.4, 0.5) is 5.69 Å². The third-order valence-corrected chi connectivity index (χ3v) is 4.48. The van der Waals surface area contributed by atoms with Gasteiger partial charge in [0.1, 0.15) is 5.75 Å². The molecule has 1 aliphatic rings. The molecule has 3 rings (SSSR count). The molecule has 7 heteroatoms. The number of fused-ring (bicyclic) bond motifs is 1. The van der Waals surface area contributed by atoms with Crippen LogP contribution in [0.15, 0.2) is 60.7 Å². The Morgan fingerprint density at radius 1 is 1.10 bits per heavy atom. The fourth-order valence-electron chi connectivity index (χ4n) is 2.99. The summed E-state index contributed by atoms with van der Waals surface area (Å²) in [7, 11) is 1.52. The highest BCUT2D eigenvalue weighted by Crippen LogP contribution is 2.33. The van der Waals surface area contributed by atoms with E-state index in [1.807, 2.05) is 30.3 Å². The molecule has 2 aromatic rings. The number of rotatable bonds is 6. The first-order chi connectivity index (χ1) is 14.1. The SMILES string of the molecule is CNC(=O)[C@@H]1CN(C(=O)CCNC(=O)/C=C/c2ccccc2)c2ccccc2O1. The van der Waals surface area contributed by atoms with E-state index in [1.165, 1.54) is 18.0 Å². The van der Waals surface area contributed by atoms with Crippen LogP contribution < -0.4 is 20.3 Å². The van der Waals surface area contributed by atoms with E-state index in [-0.39, 0.29) is 37.2 Å². The maximum Gasteiger partial charge on any atom is 0.262 e. The number of hydrogen-bond donors (Lipinski definition) is 2. The standard InChI is InChI=1S/C22H23N3O4/c1-23-22(28)19-15-25(17-9-5-6-10-18(17)29-19)21(27)13-14-24-20(26)12-11-16-7-3-2-4-8-16/h2-12,19H,13-15H2,1H3,(H,23,28)(H,24,26)/b12-11+/t19-/m0/s1. The van der Waals surface area contributed by atoms with E-state index in [1.54, 1.807) is 30.3 Å². The van der Waals surface area contributed by atoms with Gasteiger partial charge in [0.2, 0.25) is 11.8 Å². The molecule has 2 aromatic carbocycles. The highest BCUT2D eigenvalue weighted by atomic mass is 16.5. The minimum Gasteiger partial charge on any atom is -0.477 e. The average molecular weight is 393 g/mol. The van der Waals surface area contributed by atoms with Crippen molar-refractivity contribution in [2.45, 2.75) is 12.5 Å². The summed E-state index contributed by atoms with van der Waals surface area (Å²) >= 11 is 0. The van der Waals surface area contributed by atoms with Crippen LogP contribution in [0.5, 0.6) is 5.75 Å². The maximum atomic E-state index is 12.7. The van der Waals surface area contributed by atoms with Crippen molar-refractivity contribution in [2.24, 2.45) is 0 Å². The molecule has 0 aliphatic carbocycles. The van der Waals surface area contributed by atoms with Crippen molar-refractivity contribution < 1.29 is 19.1 Å². The number of benzene rings is 2. The number of para-hydroxylation sites is 2. The molecule has 1 heterocycles. The second-order valence-electron chi connectivity index (χ2n) is 6.48. The van der Waals surface area contributed by atoms with Crippen LogP contribution in [0.25, 0.3) is 6.08 Å². The van der Waals surface area contributed by atoms with Gasteiger partial charge in [0.05, 0.1) is 12.2 Å². The molecule has 1 aliphatic heterocycles. The van der Waals surface area contributed by atoms with E-state index < -0.39 is 6.10 Å². The van der Waals surface area contributed by atoms with Gasteiger partial charge < -0.3 is 20.3 Å². The Bertz CT molecular complexity index is 911. The first kappa shape index (κ1) is 20.1. The Labute approximate surface area is 169 Å². The van der Waals surface area contributed by atoms with Crippen molar-refractivity contribution in [3.8, 4) is 5.75 Å². The Hall–Kier alpha value is -3.61. The molecule has 3 amide bonds. The highest BCUT2D eigenvalue weighted by molar-refractivity contribution is 5.98. The zero-order valence-corrected chi connectivity index (χ0v) is 16.1. The van der Waals surface area contributed by atoms with Crippen LogP contribution in [0.3, 0.4) is 0 Å². The maximum absolute atomic E-state index is 12.7. The monoisotopic (exact) mass is 393 g/mol. The summed E-state index contributed by atoms with van der Waals surface area (Å²) in [4.78, 5) is 38.2. The summed E-state index contributed by atoms with van der Waals surface area (Å²) in [6, 6.07) is 16.6. The Balaban J connectivity index is 1.57. The second-order valence-corrected chi connectivity index (χ2v) is 6.48. The fraction of sp³-hybridized carbons (Fsp3) is 0.227. The smallest absolute Gasteiger partial charge is 0.262 e. The summed E-state index contributed by atoms with van der Waals surface area (Å²) < 4.78 is 5.70. The predicted molar refractivity (Wildman–Crippen MR) is 110 cm³/mol. The van der Waals surface area contributed by atoms with Gasteiger partial charge in [0, 0.05) is 26.1 Å². The summed E-state index contributed by atoms with van der Waals surface area (Å²) in [5.41, 5.74) is 1.54. The minimum absolute atomic E-state index is 0.111. The Morgan fingerprint density at radius 2 is 1.83 bits per heavy atom. The van der Waals surface area contributed by atoms with Crippen LogP contribution >= 0.6 is 0 Å². The molecular formula is C22H23N3O4. The van der Waals surface area contributed by atoms with Gasteiger partial charge in [-0.1, -0.05) is 42.5 Å². The van der Waals surface area contributed by atoms with E-state index in [9.17, 15) is 14.4 Å². The Morgan fingerprint density at radius 3 is 2.59 bits per heavy atom. The van der Waals surface area contributed by atoms with Gasteiger partial charge in [-0.15, -0.1) is 0 Å². The van der Waals surface area contributed by atoms with Crippen molar-refractivity contribution in [1.82, 2.24) is 10.6 Å². The van der Waals surface area contributed by atoms with E-state index in [0.29, 0.717) is 11.4 Å². The highest BCUT2D eigenvalue weighted by Gasteiger charge is 2.32. The molecule has 0 radical (unpaired) electrons. The van der Waals surface area contributed by atoms with Crippen LogP contribution in [0.1, 0.15) is 12.0 Å². The minimum atomic E-state index is -0.776. The Kier molecular flexibility index (Phi) is 6.63. The zero-order chi connectivity index (χ0) is 20.6. The number of likely N-dealkylation sites (N-methyl/N-ethyl adjacent to an activating group) is 1. The molecule has 0 spiro atoms. The lowest BCUT2D eigenvalue weighted by Crippen LogP contribution is -2.50. The molecule has 1 atom stereocenters. The van der Waals surface area contributed by atoms with E-state index in [4.69, 9.17) is 4.74 Å². The molecule has 0 saturated carbocycles. The molecule has 150 valence electrons. The number of amides is 3. The summed E-state index contributed by atoms with van der Waals surface area (Å²) in [5, 5.41) is 5.25. The van der Waals surface area contributed by atoms with Gasteiger partial charge in [-0.25, -0.2) is 0 Å². The molecule has 0 fully saturated rings. The van der Waals surface area contributed by atoms with Gasteiger partial charge in [-0.05, 0) is 23.8 Å². The second kappa shape index (κ2) is 9.54. The van der Waals surface area contributed by atoms with Crippen LogP contribution in [-0.4, -0.2) is 44.0 Å². The van der Waals surface area contributed by atoms with E-state index in [2.05, 4.69) is 10.6 Å². The molecule has 0 bridgehead atoms. The third kappa shape index (κ3) is 5.22. The molecule has 29 heavy (non-hydrogen) atoms. The lowest BCUT2D eigenvalue weighted by Gasteiger charge is -2.34. The summed E-state index contributed by atoms with van der Waals surface area (Å²) in [6.45, 7) is 0.318. The summed E-state index contributed by atoms with van der Waals surface area (Å²) in [5.74, 6) is -0.276. The molecule has 0 unspecified atom stereocenters. The fourth-order valence-corrected chi connectivity index (χ4v) is 2.99. The van der Waals surface area contributed by atoms with Crippen LogP contribution in [0, 0.1) is 0 Å². The van der Waals surface area contributed by atoms with Crippen LogP contribution in [-0.2, 0) is 14.4 Å². The van der Waals surface area contributed by atoms with Crippen molar-refractivity contribution in [1.29, 1.82) is 0 Å². The quantitative estimate of drug-likeness (QED) is 0.732. The zero-order valence-electron chi connectivity index (χ0n) is 16.1. The normalized spacial score (nSPS) is 15.3.